The van der Waals surface area contributed by atoms with Gasteiger partial charge in [-0.1, -0.05) is 29.8 Å². The molecule has 8 nitrogen and oxygen atoms in total. The molecule has 0 fully saturated rings. The molecule has 140 valence electrons. The Morgan fingerprint density at radius 3 is 2.61 bits per heavy atom. The fraction of sp³-hybridized carbons (Fsp3) is 0.105. The lowest BCUT2D eigenvalue weighted by Gasteiger charge is -2.19. The number of nitro benzene ring substituents is 1. The number of pyridine rings is 1. The monoisotopic (exact) mass is 396 g/mol. The molecule has 4 rings (SSSR count). The second kappa shape index (κ2) is 6.90. The van der Waals surface area contributed by atoms with Gasteiger partial charge in [-0.15, -0.1) is 5.10 Å². The summed E-state index contributed by atoms with van der Waals surface area (Å²) in [5, 5.41) is 17.3. The van der Waals surface area contributed by atoms with Gasteiger partial charge in [0.25, 0.3) is 5.69 Å². The van der Waals surface area contributed by atoms with Crippen molar-refractivity contribution >= 4 is 40.0 Å². The summed E-state index contributed by atoms with van der Waals surface area (Å²) >= 11 is 6.31. The molecule has 0 N–H and O–H groups in total. The molecule has 0 radical (unpaired) electrons. The summed E-state index contributed by atoms with van der Waals surface area (Å²) < 4.78 is 5.90. The van der Waals surface area contributed by atoms with Crippen LogP contribution in [0, 0.1) is 10.1 Å². The first-order valence-electron chi connectivity index (χ1n) is 8.29. The van der Waals surface area contributed by atoms with E-state index in [1.807, 2.05) is 24.3 Å². The van der Waals surface area contributed by atoms with Gasteiger partial charge in [0.2, 0.25) is 18.0 Å². The number of aromatic nitrogens is 1. The van der Waals surface area contributed by atoms with E-state index in [0.29, 0.717) is 11.1 Å². The van der Waals surface area contributed by atoms with Crippen LogP contribution in [0.4, 0.5) is 5.69 Å². The van der Waals surface area contributed by atoms with Crippen LogP contribution < -0.4 is 0 Å². The van der Waals surface area contributed by atoms with Gasteiger partial charge in [-0.2, -0.15) is 5.01 Å². The minimum Gasteiger partial charge on any atom is -0.446 e. The van der Waals surface area contributed by atoms with E-state index in [9.17, 15) is 14.9 Å². The molecule has 0 saturated heterocycles. The van der Waals surface area contributed by atoms with Crippen molar-refractivity contribution in [3.05, 3.63) is 81.0 Å². The molecule has 0 saturated carbocycles. The number of nitrogens with zero attached hydrogens (tertiary/aromatic N) is 4. The normalized spacial score (nSPS) is 16.0. The lowest BCUT2D eigenvalue weighted by Crippen LogP contribution is -2.25. The lowest BCUT2D eigenvalue weighted by molar-refractivity contribution is -0.384. The molecule has 1 aromatic heterocycles. The quantitative estimate of drug-likeness (QED) is 0.378. The van der Waals surface area contributed by atoms with Crippen molar-refractivity contribution in [1.29, 1.82) is 0 Å². The number of nitro groups is 1. The minimum absolute atomic E-state index is 0.0564. The Morgan fingerprint density at radius 1 is 1.21 bits per heavy atom. The molecule has 9 heteroatoms. The Balaban J connectivity index is 1.72. The maximum absolute atomic E-state index is 12.1. The highest BCUT2D eigenvalue weighted by molar-refractivity contribution is 6.33. The predicted molar refractivity (Wildman–Crippen MR) is 103 cm³/mol. The van der Waals surface area contributed by atoms with E-state index in [-0.39, 0.29) is 22.6 Å². The Kier molecular flexibility index (Phi) is 4.40. The van der Waals surface area contributed by atoms with Gasteiger partial charge in [0, 0.05) is 30.0 Å². The van der Waals surface area contributed by atoms with E-state index in [1.165, 1.54) is 36.2 Å². The third kappa shape index (κ3) is 3.14. The lowest BCUT2D eigenvalue weighted by atomic mass is 10.1. The Hall–Kier alpha value is -3.52. The molecule has 1 atom stereocenters. The maximum Gasteiger partial charge on any atom is 0.269 e. The number of carbonyl (C=O) groups excluding carboxylic acids is 1. The third-order valence-electron chi connectivity index (χ3n) is 4.26. The summed E-state index contributed by atoms with van der Waals surface area (Å²) in [5.41, 5.74) is 1.67. The summed E-state index contributed by atoms with van der Waals surface area (Å²) in [7, 11) is 0. The van der Waals surface area contributed by atoms with Crippen molar-refractivity contribution in [2.45, 2.75) is 13.2 Å². The van der Waals surface area contributed by atoms with E-state index < -0.39 is 11.2 Å². The average molecular weight is 397 g/mol. The van der Waals surface area contributed by atoms with Gasteiger partial charge < -0.3 is 4.74 Å². The molecular formula is C19H13ClN4O4. The van der Waals surface area contributed by atoms with Crippen LogP contribution in [0.1, 0.15) is 24.3 Å². The van der Waals surface area contributed by atoms with Gasteiger partial charge in [0.15, 0.2) is 0 Å². The van der Waals surface area contributed by atoms with E-state index in [1.54, 1.807) is 6.07 Å². The number of amides is 1. The smallest absolute Gasteiger partial charge is 0.269 e. The Labute approximate surface area is 164 Å². The molecule has 0 bridgehead atoms. The zero-order valence-corrected chi connectivity index (χ0v) is 15.3. The van der Waals surface area contributed by atoms with Gasteiger partial charge in [0.1, 0.15) is 5.15 Å². The standard InChI is InChI=1S/C19H13ClN4O4/c1-11(25)23-19(12-6-8-14(9-7-12)24(26)27)28-18(22-23)15-10-13-4-2-3-5-16(13)21-17(15)20/h2-10,19H,1H3/t19-/m0/s1. The van der Waals surface area contributed by atoms with Crippen LogP contribution >= 0.6 is 11.6 Å². The first-order valence-corrected chi connectivity index (χ1v) is 8.67. The number of hydrazone groups is 1. The minimum atomic E-state index is -0.851. The van der Waals surface area contributed by atoms with Gasteiger partial charge in [-0.05, 0) is 24.3 Å². The van der Waals surface area contributed by atoms with E-state index in [4.69, 9.17) is 16.3 Å². The summed E-state index contributed by atoms with van der Waals surface area (Å²) in [4.78, 5) is 26.8. The number of hydrogen-bond donors (Lipinski definition) is 0. The zero-order valence-electron chi connectivity index (χ0n) is 14.6. The van der Waals surface area contributed by atoms with Crippen molar-refractivity contribution in [2.24, 2.45) is 5.10 Å². The summed E-state index contributed by atoms with van der Waals surface area (Å²) in [5.74, 6) is -0.190. The molecule has 28 heavy (non-hydrogen) atoms. The van der Waals surface area contributed by atoms with Crippen LogP contribution in [-0.2, 0) is 9.53 Å². The first-order chi connectivity index (χ1) is 13.4. The molecule has 0 aliphatic carbocycles. The molecular weight excluding hydrogens is 384 g/mol. The number of hydrogen-bond acceptors (Lipinski definition) is 6. The number of ether oxygens (including phenoxy) is 1. The highest BCUT2D eigenvalue weighted by Crippen LogP contribution is 2.33. The topological polar surface area (TPSA) is 97.9 Å². The molecule has 0 spiro atoms. The van der Waals surface area contributed by atoms with Crippen LogP contribution in [0.25, 0.3) is 10.9 Å². The van der Waals surface area contributed by atoms with E-state index in [2.05, 4.69) is 10.1 Å². The van der Waals surface area contributed by atoms with Crippen LogP contribution in [0.2, 0.25) is 5.15 Å². The SMILES string of the molecule is CC(=O)N1N=C(c2cc3ccccc3nc2Cl)O[C@H]1c1ccc([N+](=O)[O-])cc1. The zero-order chi connectivity index (χ0) is 19.8. The average Bonchev–Trinajstić information content (AvgIpc) is 3.13. The highest BCUT2D eigenvalue weighted by atomic mass is 35.5. The number of fused-ring (bicyclic) bond motifs is 1. The fourth-order valence-corrected chi connectivity index (χ4v) is 3.12. The van der Waals surface area contributed by atoms with Gasteiger partial charge in [0.05, 0.1) is 16.0 Å². The van der Waals surface area contributed by atoms with Gasteiger partial charge >= 0.3 is 0 Å². The predicted octanol–water partition coefficient (Wildman–Crippen LogP) is 4.04. The number of halogens is 1. The molecule has 1 amide bonds. The highest BCUT2D eigenvalue weighted by Gasteiger charge is 2.34. The van der Waals surface area contributed by atoms with Crippen LogP contribution in [0.5, 0.6) is 0 Å². The van der Waals surface area contributed by atoms with Crippen molar-refractivity contribution in [3.8, 4) is 0 Å². The molecule has 1 aliphatic heterocycles. The third-order valence-corrected chi connectivity index (χ3v) is 4.55. The second-order valence-corrected chi connectivity index (χ2v) is 6.47. The summed E-state index contributed by atoms with van der Waals surface area (Å²) in [6.07, 6.45) is -0.851. The molecule has 2 aromatic carbocycles. The number of carbonyl (C=O) groups is 1. The van der Waals surface area contributed by atoms with Crippen molar-refractivity contribution in [1.82, 2.24) is 9.99 Å². The van der Waals surface area contributed by atoms with Crippen molar-refractivity contribution < 1.29 is 14.5 Å². The molecule has 0 unspecified atom stereocenters. The maximum atomic E-state index is 12.1. The fourth-order valence-electron chi connectivity index (χ4n) is 2.89. The van der Waals surface area contributed by atoms with Gasteiger partial charge in [-0.3, -0.25) is 14.9 Å². The molecule has 2 heterocycles. The number of non-ortho nitro benzene ring substituents is 1. The number of rotatable bonds is 3. The van der Waals surface area contributed by atoms with E-state index >= 15 is 0 Å². The second-order valence-electron chi connectivity index (χ2n) is 6.11. The summed E-state index contributed by atoms with van der Waals surface area (Å²) in [6.45, 7) is 1.36. The van der Waals surface area contributed by atoms with E-state index in [0.717, 1.165) is 10.9 Å². The Bertz CT molecular complexity index is 1130. The molecule has 3 aromatic rings. The van der Waals surface area contributed by atoms with Crippen molar-refractivity contribution in [3.63, 3.8) is 0 Å². The first kappa shape index (κ1) is 17.9. The largest absolute Gasteiger partial charge is 0.446 e. The van der Waals surface area contributed by atoms with Crippen LogP contribution in [-0.4, -0.2) is 26.7 Å². The summed E-state index contributed by atoms with van der Waals surface area (Å²) in [6, 6.07) is 15.0. The number of benzene rings is 2. The molecule has 1 aliphatic rings. The van der Waals surface area contributed by atoms with Crippen LogP contribution in [0.3, 0.4) is 0 Å². The van der Waals surface area contributed by atoms with Crippen LogP contribution in [0.15, 0.2) is 59.7 Å². The number of para-hydroxylation sites is 1. The van der Waals surface area contributed by atoms with Crippen molar-refractivity contribution in [2.75, 3.05) is 0 Å². The Morgan fingerprint density at radius 2 is 1.93 bits per heavy atom. The van der Waals surface area contributed by atoms with Gasteiger partial charge in [-0.25, -0.2) is 4.98 Å².